The first kappa shape index (κ1) is 26.7. The molecule has 0 radical (unpaired) electrons. The van der Waals surface area contributed by atoms with Crippen LogP contribution in [0, 0.1) is 13.8 Å². The van der Waals surface area contributed by atoms with E-state index in [9.17, 15) is 9.90 Å². The van der Waals surface area contributed by atoms with E-state index in [-0.39, 0.29) is 0 Å². The predicted molar refractivity (Wildman–Crippen MR) is 147 cm³/mol. The lowest BCUT2D eigenvalue weighted by Crippen LogP contribution is -2.27. The lowest BCUT2D eigenvalue weighted by Gasteiger charge is -2.24. The van der Waals surface area contributed by atoms with Crippen molar-refractivity contribution < 1.29 is 19.4 Å². The van der Waals surface area contributed by atoms with Crippen molar-refractivity contribution in [2.24, 2.45) is 0 Å². The number of anilines is 1. The van der Waals surface area contributed by atoms with Crippen LogP contribution in [0.5, 0.6) is 11.5 Å². The average Bonchev–Trinajstić information content (AvgIpc) is 3.24. The van der Waals surface area contributed by atoms with Crippen LogP contribution in [0.4, 0.5) is 10.6 Å². The highest BCUT2D eigenvalue weighted by atomic mass is 16.5. The van der Waals surface area contributed by atoms with Crippen molar-refractivity contribution in [1.82, 2.24) is 24.9 Å². The minimum atomic E-state index is -0.982. The van der Waals surface area contributed by atoms with Crippen LogP contribution >= 0.6 is 0 Å². The molecule has 1 N–H and O–H groups in total. The second-order valence-electron chi connectivity index (χ2n) is 9.30. The van der Waals surface area contributed by atoms with Gasteiger partial charge in [-0.15, -0.1) is 5.10 Å². The summed E-state index contributed by atoms with van der Waals surface area (Å²) in [6, 6.07) is 15.5. The van der Waals surface area contributed by atoms with Gasteiger partial charge < -0.3 is 24.4 Å². The molecule has 0 bridgehead atoms. The molecule has 0 fully saturated rings. The first-order valence-corrected chi connectivity index (χ1v) is 12.5. The number of hydrogen-bond acceptors (Lipinski definition) is 7. The van der Waals surface area contributed by atoms with Gasteiger partial charge in [0, 0.05) is 40.2 Å². The summed E-state index contributed by atoms with van der Waals surface area (Å²) in [4.78, 5) is 14.6. The number of hydrogen-bond donors (Lipinski definition) is 1. The molecule has 0 aliphatic rings. The number of benzene rings is 2. The Morgan fingerprint density at radius 1 is 1.08 bits per heavy atom. The fourth-order valence-corrected chi connectivity index (χ4v) is 4.39. The van der Waals surface area contributed by atoms with E-state index >= 15 is 0 Å². The molecule has 1 amide bonds. The second-order valence-corrected chi connectivity index (χ2v) is 9.30. The molecule has 10 heteroatoms. The van der Waals surface area contributed by atoms with Gasteiger partial charge in [-0.3, -0.25) is 0 Å². The number of amides is 1. The summed E-state index contributed by atoms with van der Waals surface area (Å²) in [7, 11) is 5.38. The number of aromatic nitrogens is 4. The zero-order valence-electron chi connectivity index (χ0n) is 22.7. The molecule has 0 saturated carbocycles. The molecule has 1 unspecified atom stereocenters. The molecule has 0 aliphatic heterocycles. The molecule has 1 atom stereocenters. The Balaban J connectivity index is 1.83. The van der Waals surface area contributed by atoms with Crippen LogP contribution < -0.4 is 14.4 Å². The van der Waals surface area contributed by atoms with Crippen molar-refractivity contribution in [3.8, 4) is 17.2 Å². The molecule has 200 valence electrons. The van der Waals surface area contributed by atoms with Gasteiger partial charge in [-0.05, 0) is 38.5 Å². The topological polar surface area (TPSA) is 106 Å². The van der Waals surface area contributed by atoms with Gasteiger partial charge in [-0.25, -0.2) is 9.48 Å². The SMILES string of the molecule is CCOc1ccc(-n2nc3c(N(C)C)nnc(C)c3c2C)c(OC(CCN(C)C(=O)O)c2ccccc2)c1. The zero-order valence-corrected chi connectivity index (χ0v) is 22.7. The van der Waals surface area contributed by atoms with Gasteiger partial charge in [0.05, 0.1) is 23.4 Å². The standard InChI is InChI=1S/C28H34N6O4/c1-7-37-21-13-14-22(34-19(3)25-18(2)29-30-27(32(4)5)26(25)31-34)24(17-21)38-23(15-16-33(6)28(35)36)20-11-9-8-10-12-20/h8-14,17,23H,7,15-16H2,1-6H3,(H,35,36). The minimum Gasteiger partial charge on any atom is -0.494 e. The van der Waals surface area contributed by atoms with Gasteiger partial charge in [-0.2, -0.15) is 10.2 Å². The summed E-state index contributed by atoms with van der Waals surface area (Å²) < 4.78 is 14.3. The summed E-state index contributed by atoms with van der Waals surface area (Å²) >= 11 is 0. The van der Waals surface area contributed by atoms with Gasteiger partial charge >= 0.3 is 6.09 Å². The fourth-order valence-electron chi connectivity index (χ4n) is 4.39. The van der Waals surface area contributed by atoms with E-state index in [1.165, 1.54) is 4.90 Å². The molecule has 0 spiro atoms. The third-order valence-electron chi connectivity index (χ3n) is 6.37. The lowest BCUT2D eigenvalue weighted by molar-refractivity contribution is 0.140. The van der Waals surface area contributed by atoms with Crippen LogP contribution in [0.3, 0.4) is 0 Å². The fraction of sp³-hybridized carbons (Fsp3) is 0.357. The smallest absolute Gasteiger partial charge is 0.407 e. The molecule has 0 saturated heterocycles. The van der Waals surface area contributed by atoms with Crippen molar-refractivity contribution in [2.45, 2.75) is 33.3 Å². The highest BCUT2D eigenvalue weighted by molar-refractivity contribution is 5.92. The van der Waals surface area contributed by atoms with Crippen molar-refractivity contribution in [1.29, 1.82) is 0 Å². The van der Waals surface area contributed by atoms with Crippen LogP contribution in [0.25, 0.3) is 16.6 Å². The summed E-state index contributed by atoms with van der Waals surface area (Å²) in [6.45, 7) is 6.67. The van der Waals surface area contributed by atoms with Gasteiger partial charge in [-0.1, -0.05) is 30.3 Å². The van der Waals surface area contributed by atoms with Crippen LogP contribution in [0.1, 0.15) is 36.4 Å². The maximum absolute atomic E-state index is 11.4. The van der Waals surface area contributed by atoms with E-state index in [0.29, 0.717) is 36.9 Å². The lowest BCUT2D eigenvalue weighted by atomic mass is 10.1. The number of carbonyl (C=O) groups is 1. The molecular formula is C28H34N6O4. The van der Waals surface area contributed by atoms with E-state index < -0.39 is 12.2 Å². The second kappa shape index (κ2) is 11.4. The Labute approximate surface area is 222 Å². The maximum Gasteiger partial charge on any atom is 0.407 e. The molecule has 2 aromatic carbocycles. The average molecular weight is 519 g/mol. The Morgan fingerprint density at radius 3 is 2.47 bits per heavy atom. The molecular weight excluding hydrogens is 484 g/mol. The Morgan fingerprint density at radius 2 is 1.82 bits per heavy atom. The third kappa shape index (κ3) is 5.49. The number of fused-ring (bicyclic) bond motifs is 1. The molecule has 4 aromatic rings. The van der Waals surface area contributed by atoms with Crippen molar-refractivity contribution >= 4 is 22.8 Å². The van der Waals surface area contributed by atoms with Gasteiger partial charge in [0.1, 0.15) is 28.8 Å². The van der Waals surface area contributed by atoms with Crippen LogP contribution in [0.15, 0.2) is 48.5 Å². The number of nitrogens with zero attached hydrogens (tertiary/aromatic N) is 6. The number of aryl methyl sites for hydroxylation is 2. The summed E-state index contributed by atoms with van der Waals surface area (Å²) in [5, 5.41) is 24.0. The van der Waals surface area contributed by atoms with Gasteiger partial charge in [0.25, 0.3) is 0 Å². The van der Waals surface area contributed by atoms with E-state index in [2.05, 4.69) is 10.2 Å². The van der Waals surface area contributed by atoms with Crippen LogP contribution in [-0.2, 0) is 0 Å². The van der Waals surface area contributed by atoms with Crippen LogP contribution in [0.2, 0.25) is 0 Å². The summed E-state index contributed by atoms with van der Waals surface area (Å²) in [6.07, 6.45) is -0.923. The van der Waals surface area contributed by atoms with Gasteiger partial charge in [0.2, 0.25) is 0 Å². The summed E-state index contributed by atoms with van der Waals surface area (Å²) in [5.74, 6) is 1.92. The third-order valence-corrected chi connectivity index (χ3v) is 6.37. The van der Waals surface area contributed by atoms with E-state index in [1.807, 2.05) is 93.0 Å². The van der Waals surface area contributed by atoms with Crippen molar-refractivity contribution in [2.75, 3.05) is 39.2 Å². The summed E-state index contributed by atoms with van der Waals surface area (Å²) in [5.41, 5.74) is 4.13. The Hall–Kier alpha value is -4.34. The Bertz CT molecular complexity index is 1420. The quantitative estimate of drug-likeness (QED) is 0.312. The number of ether oxygens (including phenoxy) is 2. The number of rotatable bonds is 10. The van der Waals surface area contributed by atoms with E-state index in [0.717, 1.165) is 33.5 Å². The van der Waals surface area contributed by atoms with Crippen LogP contribution in [-0.4, -0.2) is 70.4 Å². The normalized spacial score (nSPS) is 11.8. The molecule has 2 heterocycles. The zero-order chi connectivity index (χ0) is 27.4. The molecule has 0 aliphatic carbocycles. The monoisotopic (exact) mass is 518 g/mol. The minimum absolute atomic E-state index is 0.308. The molecule has 10 nitrogen and oxygen atoms in total. The molecule has 38 heavy (non-hydrogen) atoms. The van der Waals surface area contributed by atoms with Gasteiger partial charge in [0.15, 0.2) is 5.82 Å². The highest BCUT2D eigenvalue weighted by Crippen LogP contribution is 2.36. The first-order chi connectivity index (χ1) is 18.2. The largest absolute Gasteiger partial charge is 0.494 e. The maximum atomic E-state index is 11.4. The first-order valence-electron chi connectivity index (χ1n) is 12.5. The molecule has 4 rings (SSSR count). The number of carboxylic acid groups (broad SMARTS) is 1. The highest BCUT2D eigenvalue weighted by Gasteiger charge is 2.23. The van der Waals surface area contributed by atoms with Crippen molar-refractivity contribution in [3.05, 3.63) is 65.5 Å². The van der Waals surface area contributed by atoms with E-state index in [4.69, 9.17) is 14.6 Å². The van der Waals surface area contributed by atoms with Crippen molar-refractivity contribution in [3.63, 3.8) is 0 Å². The molecule has 2 aromatic heterocycles. The van der Waals surface area contributed by atoms with E-state index in [1.54, 1.807) is 7.05 Å². The Kier molecular flexibility index (Phi) is 7.99. The predicted octanol–water partition coefficient (Wildman–Crippen LogP) is 5.02.